The minimum atomic E-state index is -3.81. The zero-order valence-corrected chi connectivity index (χ0v) is 16.6. The third-order valence-electron chi connectivity index (χ3n) is 4.09. The van der Waals surface area contributed by atoms with Crippen molar-refractivity contribution in [3.8, 4) is 5.75 Å². The van der Waals surface area contributed by atoms with Gasteiger partial charge in [-0.2, -0.15) is 4.31 Å². The van der Waals surface area contributed by atoms with Gasteiger partial charge in [-0.05, 0) is 35.9 Å². The van der Waals surface area contributed by atoms with E-state index in [9.17, 15) is 13.2 Å². The Hall–Kier alpha value is -2.20. The number of nitrogens with zero attached hydrogens (tertiary/aromatic N) is 2. The Morgan fingerprint density at radius 3 is 2.64 bits per heavy atom. The number of pyridine rings is 1. The van der Waals surface area contributed by atoms with Crippen LogP contribution in [-0.4, -0.2) is 56.5 Å². The molecule has 0 atom stereocenters. The number of amides is 1. The number of morpholine rings is 1. The van der Waals surface area contributed by atoms with Crippen LogP contribution in [0.3, 0.4) is 0 Å². The lowest BCUT2D eigenvalue weighted by Crippen LogP contribution is -2.40. The zero-order valence-electron chi connectivity index (χ0n) is 15.0. The van der Waals surface area contributed by atoms with Crippen molar-refractivity contribution in [2.75, 3.05) is 32.9 Å². The van der Waals surface area contributed by atoms with Crippen LogP contribution < -0.4 is 10.1 Å². The molecule has 1 fully saturated rings. The molecule has 1 aromatic heterocycles. The Morgan fingerprint density at radius 2 is 1.93 bits per heavy atom. The SMILES string of the molecule is O=C(COc1ccc(Cl)cc1S(=O)(=O)N1CCOCC1)NCc1ccncc1. The first kappa shape index (κ1) is 20.5. The van der Waals surface area contributed by atoms with Crippen LogP contribution in [-0.2, 0) is 26.1 Å². The van der Waals surface area contributed by atoms with Crippen LogP contribution in [0.4, 0.5) is 0 Å². The van der Waals surface area contributed by atoms with Gasteiger partial charge >= 0.3 is 0 Å². The summed E-state index contributed by atoms with van der Waals surface area (Å²) >= 11 is 5.99. The van der Waals surface area contributed by atoms with E-state index in [2.05, 4.69) is 10.3 Å². The summed E-state index contributed by atoms with van der Waals surface area (Å²) in [6.07, 6.45) is 3.27. The van der Waals surface area contributed by atoms with Gasteiger partial charge in [0, 0.05) is 37.1 Å². The zero-order chi connectivity index (χ0) is 20.0. The number of benzene rings is 1. The molecule has 3 rings (SSSR count). The predicted molar refractivity (Wildman–Crippen MR) is 103 cm³/mol. The van der Waals surface area contributed by atoms with E-state index in [4.69, 9.17) is 21.1 Å². The van der Waals surface area contributed by atoms with Crippen molar-refractivity contribution in [2.45, 2.75) is 11.4 Å². The van der Waals surface area contributed by atoms with Crippen molar-refractivity contribution >= 4 is 27.5 Å². The van der Waals surface area contributed by atoms with E-state index < -0.39 is 10.0 Å². The Bertz CT molecular complexity index is 918. The topological polar surface area (TPSA) is 97.8 Å². The van der Waals surface area contributed by atoms with E-state index in [1.165, 1.54) is 22.5 Å². The van der Waals surface area contributed by atoms with Gasteiger partial charge in [0.15, 0.2) is 6.61 Å². The fourth-order valence-electron chi connectivity index (χ4n) is 2.62. The first-order chi connectivity index (χ1) is 13.5. The van der Waals surface area contributed by atoms with Gasteiger partial charge in [0.2, 0.25) is 10.0 Å². The number of hydrogen-bond donors (Lipinski definition) is 1. The van der Waals surface area contributed by atoms with Crippen LogP contribution in [0.25, 0.3) is 0 Å². The van der Waals surface area contributed by atoms with Gasteiger partial charge in [-0.3, -0.25) is 9.78 Å². The predicted octanol–water partition coefficient (Wildman–Crippen LogP) is 1.45. The average molecular weight is 426 g/mol. The number of halogens is 1. The Balaban J connectivity index is 1.67. The maximum absolute atomic E-state index is 12.9. The van der Waals surface area contributed by atoms with Crippen LogP contribution in [0.1, 0.15) is 5.56 Å². The molecule has 2 heterocycles. The van der Waals surface area contributed by atoms with Crippen LogP contribution in [0.2, 0.25) is 5.02 Å². The third-order valence-corrected chi connectivity index (χ3v) is 6.25. The lowest BCUT2D eigenvalue weighted by molar-refractivity contribution is -0.123. The number of carbonyl (C=O) groups is 1. The molecule has 0 bridgehead atoms. The lowest BCUT2D eigenvalue weighted by atomic mass is 10.3. The molecule has 1 N–H and O–H groups in total. The van der Waals surface area contributed by atoms with E-state index in [-0.39, 0.29) is 41.3 Å². The Kier molecular flexibility index (Phi) is 6.84. The normalized spacial score (nSPS) is 15.2. The highest BCUT2D eigenvalue weighted by atomic mass is 35.5. The largest absolute Gasteiger partial charge is 0.482 e. The summed E-state index contributed by atoms with van der Waals surface area (Å²) in [6, 6.07) is 7.87. The van der Waals surface area contributed by atoms with Crippen molar-refractivity contribution in [1.82, 2.24) is 14.6 Å². The highest BCUT2D eigenvalue weighted by Gasteiger charge is 2.29. The molecule has 0 radical (unpaired) electrons. The van der Waals surface area contributed by atoms with Gasteiger partial charge in [-0.1, -0.05) is 11.6 Å². The molecule has 1 aromatic carbocycles. The van der Waals surface area contributed by atoms with Gasteiger partial charge in [-0.15, -0.1) is 0 Å². The quantitative estimate of drug-likeness (QED) is 0.721. The standard InChI is InChI=1S/C18H20ClN3O5S/c19-15-1-2-16(17(11-15)28(24,25)22-7-9-26-10-8-22)27-13-18(23)21-12-14-3-5-20-6-4-14/h1-6,11H,7-10,12-13H2,(H,21,23). The number of carbonyl (C=O) groups excluding carboxylic acids is 1. The summed E-state index contributed by atoms with van der Waals surface area (Å²) in [5.41, 5.74) is 0.894. The molecule has 1 saturated heterocycles. The van der Waals surface area contributed by atoms with E-state index >= 15 is 0 Å². The van der Waals surface area contributed by atoms with Gasteiger partial charge in [0.1, 0.15) is 10.6 Å². The average Bonchev–Trinajstić information content (AvgIpc) is 2.72. The maximum atomic E-state index is 12.9. The molecule has 8 nitrogen and oxygen atoms in total. The monoisotopic (exact) mass is 425 g/mol. The van der Waals surface area contributed by atoms with Crippen LogP contribution in [0, 0.1) is 0 Å². The highest BCUT2D eigenvalue weighted by Crippen LogP contribution is 2.30. The van der Waals surface area contributed by atoms with Crippen molar-refractivity contribution in [1.29, 1.82) is 0 Å². The molecule has 0 spiro atoms. The van der Waals surface area contributed by atoms with Crippen molar-refractivity contribution in [2.24, 2.45) is 0 Å². The first-order valence-electron chi connectivity index (χ1n) is 8.62. The molecule has 0 aliphatic carbocycles. The summed E-state index contributed by atoms with van der Waals surface area (Å²) in [5, 5.41) is 2.97. The molecule has 28 heavy (non-hydrogen) atoms. The van der Waals surface area contributed by atoms with Gasteiger partial charge in [0.25, 0.3) is 5.91 Å². The Morgan fingerprint density at radius 1 is 1.21 bits per heavy atom. The fraction of sp³-hybridized carbons (Fsp3) is 0.333. The van der Waals surface area contributed by atoms with Gasteiger partial charge in [-0.25, -0.2) is 8.42 Å². The minimum absolute atomic E-state index is 0.0659. The second-order valence-corrected chi connectivity index (χ2v) is 8.37. The van der Waals surface area contributed by atoms with Gasteiger partial charge < -0.3 is 14.8 Å². The smallest absolute Gasteiger partial charge is 0.258 e. The molecule has 1 aliphatic rings. The number of rotatable bonds is 7. The van der Waals surface area contributed by atoms with Crippen molar-refractivity contribution in [3.63, 3.8) is 0 Å². The molecule has 2 aromatic rings. The molecule has 0 saturated carbocycles. The summed E-state index contributed by atoms with van der Waals surface area (Å²) < 4.78 is 37.9. The number of aromatic nitrogens is 1. The summed E-state index contributed by atoms with van der Waals surface area (Å²) in [4.78, 5) is 15.9. The number of nitrogens with one attached hydrogen (secondary N) is 1. The highest BCUT2D eigenvalue weighted by molar-refractivity contribution is 7.89. The molecule has 0 unspecified atom stereocenters. The van der Waals surface area contributed by atoms with Crippen LogP contribution >= 0.6 is 11.6 Å². The molecule has 1 aliphatic heterocycles. The number of ether oxygens (including phenoxy) is 2. The number of hydrogen-bond acceptors (Lipinski definition) is 6. The summed E-state index contributed by atoms with van der Waals surface area (Å²) in [5.74, 6) is -0.295. The van der Waals surface area contributed by atoms with Gasteiger partial charge in [0.05, 0.1) is 13.2 Å². The second kappa shape index (κ2) is 9.33. The first-order valence-corrected chi connectivity index (χ1v) is 10.4. The van der Waals surface area contributed by atoms with E-state index in [1.54, 1.807) is 24.5 Å². The lowest BCUT2D eigenvalue weighted by Gasteiger charge is -2.26. The third kappa shape index (κ3) is 5.20. The van der Waals surface area contributed by atoms with Crippen molar-refractivity contribution in [3.05, 3.63) is 53.3 Å². The van der Waals surface area contributed by atoms with Crippen LogP contribution in [0.15, 0.2) is 47.6 Å². The number of sulfonamides is 1. The fourth-order valence-corrected chi connectivity index (χ4v) is 4.43. The second-order valence-electron chi connectivity index (χ2n) is 6.03. The maximum Gasteiger partial charge on any atom is 0.258 e. The summed E-state index contributed by atoms with van der Waals surface area (Å²) in [6.45, 7) is 1.16. The van der Waals surface area contributed by atoms with Crippen molar-refractivity contribution < 1.29 is 22.7 Å². The minimum Gasteiger partial charge on any atom is -0.482 e. The molecular formula is C18H20ClN3O5S. The summed E-state index contributed by atoms with van der Waals surface area (Å²) in [7, 11) is -3.81. The van der Waals surface area contributed by atoms with Crippen LogP contribution in [0.5, 0.6) is 5.75 Å². The Labute approximate surface area is 168 Å². The molecular weight excluding hydrogens is 406 g/mol. The van der Waals surface area contributed by atoms with E-state index in [0.29, 0.717) is 19.8 Å². The molecule has 150 valence electrons. The van der Waals surface area contributed by atoms with E-state index in [1.807, 2.05) is 0 Å². The van der Waals surface area contributed by atoms with E-state index in [0.717, 1.165) is 5.56 Å². The molecule has 10 heteroatoms. The molecule has 1 amide bonds.